The largest absolute Gasteiger partial charge is 0.370 e. The lowest BCUT2D eigenvalue weighted by Crippen LogP contribution is -2.20. The molecule has 15 heavy (non-hydrogen) atoms. The summed E-state index contributed by atoms with van der Waals surface area (Å²) in [6.45, 7) is 6.19. The fourth-order valence-electron chi connectivity index (χ4n) is 1.67. The van der Waals surface area contributed by atoms with Gasteiger partial charge in [0.15, 0.2) is 0 Å². The summed E-state index contributed by atoms with van der Waals surface area (Å²) in [7, 11) is 0. The fraction of sp³-hybridized carbons (Fsp3) is 0.429. The molecule has 1 aliphatic carbocycles. The van der Waals surface area contributed by atoms with Gasteiger partial charge in [-0.15, -0.1) is 0 Å². The van der Waals surface area contributed by atoms with E-state index in [0.717, 1.165) is 13.1 Å². The van der Waals surface area contributed by atoms with Crippen LogP contribution in [-0.4, -0.2) is 18.0 Å². The van der Waals surface area contributed by atoms with Crippen LogP contribution in [0.3, 0.4) is 0 Å². The second-order valence-corrected chi connectivity index (χ2v) is 3.77. The topological polar surface area (TPSA) is 3.24 Å². The summed E-state index contributed by atoms with van der Waals surface area (Å²) in [4.78, 5) is 2.34. The molecule has 1 nitrogen and oxygen atoms in total. The molecule has 0 amide bonds. The Kier molecular flexibility index (Phi) is 5.60. The fourth-order valence-corrected chi connectivity index (χ4v) is 1.67. The Morgan fingerprint density at radius 1 is 1.33 bits per heavy atom. The highest BCUT2D eigenvalue weighted by Crippen LogP contribution is 2.13. The van der Waals surface area contributed by atoms with Crippen LogP contribution in [0.5, 0.6) is 0 Å². The molecule has 1 heteroatoms. The number of rotatable bonds is 5. The third-order valence-electron chi connectivity index (χ3n) is 2.44. The number of hydrogen-bond acceptors (Lipinski definition) is 1. The summed E-state index contributed by atoms with van der Waals surface area (Å²) in [5.41, 5.74) is 1.53. The van der Waals surface area contributed by atoms with Gasteiger partial charge >= 0.3 is 0 Å². The van der Waals surface area contributed by atoms with Crippen molar-refractivity contribution in [2.75, 3.05) is 13.1 Å². The zero-order chi connectivity index (χ0) is 10.9. The van der Waals surface area contributed by atoms with Gasteiger partial charge in [-0.1, -0.05) is 42.0 Å². The zero-order valence-electron chi connectivity index (χ0n) is 9.82. The van der Waals surface area contributed by atoms with Crippen LogP contribution in [0.4, 0.5) is 0 Å². The number of allylic oxidation sites excluding steroid dienone is 5. The molecule has 0 fully saturated rings. The van der Waals surface area contributed by atoms with Crippen molar-refractivity contribution in [2.45, 2.75) is 26.7 Å². The zero-order valence-corrected chi connectivity index (χ0v) is 9.82. The minimum atomic E-state index is 1.00. The Bertz CT molecular complexity index is 282. The van der Waals surface area contributed by atoms with Gasteiger partial charge in [0.25, 0.3) is 0 Å². The quantitative estimate of drug-likeness (QED) is 0.616. The molecule has 0 N–H and O–H groups in total. The van der Waals surface area contributed by atoms with Gasteiger partial charge in [-0.05, 0) is 32.9 Å². The Morgan fingerprint density at radius 2 is 2.20 bits per heavy atom. The van der Waals surface area contributed by atoms with Crippen LogP contribution in [0.15, 0.2) is 48.2 Å². The van der Waals surface area contributed by atoms with Crippen LogP contribution in [0.1, 0.15) is 26.7 Å². The molecule has 1 rings (SSSR count). The lowest BCUT2D eigenvalue weighted by Gasteiger charge is -2.21. The van der Waals surface area contributed by atoms with E-state index < -0.39 is 0 Å². The summed E-state index contributed by atoms with van der Waals surface area (Å²) < 4.78 is 0. The maximum absolute atomic E-state index is 2.34. The van der Waals surface area contributed by atoms with Crippen LogP contribution in [0.25, 0.3) is 0 Å². The SMILES string of the molecule is C/C=C\CN(/C=C\C)CC1=CC=CCC1. The van der Waals surface area contributed by atoms with E-state index in [-0.39, 0.29) is 0 Å². The number of nitrogens with zero attached hydrogens (tertiary/aromatic N) is 1. The van der Waals surface area contributed by atoms with E-state index in [1.165, 1.54) is 18.4 Å². The van der Waals surface area contributed by atoms with Gasteiger partial charge in [0.2, 0.25) is 0 Å². The molecular formula is C14H21N. The lowest BCUT2D eigenvalue weighted by molar-refractivity contribution is 0.444. The molecule has 0 saturated carbocycles. The summed E-state index contributed by atoms with van der Waals surface area (Å²) in [6.07, 6.45) is 17.6. The smallest absolute Gasteiger partial charge is 0.0390 e. The predicted molar refractivity (Wildman–Crippen MR) is 67.7 cm³/mol. The first-order valence-electron chi connectivity index (χ1n) is 5.69. The molecular weight excluding hydrogens is 182 g/mol. The maximum Gasteiger partial charge on any atom is 0.0390 e. The molecule has 0 bridgehead atoms. The molecule has 82 valence electrons. The maximum atomic E-state index is 2.34. The van der Waals surface area contributed by atoms with E-state index >= 15 is 0 Å². The minimum Gasteiger partial charge on any atom is -0.370 e. The Labute approximate surface area is 93.5 Å². The molecule has 0 aromatic carbocycles. The Balaban J connectivity index is 2.49. The third-order valence-corrected chi connectivity index (χ3v) is 2.44. The van der Waals surface area contributed by atoms with Crippen LogP contribution in [0.2, 0.25) is 0 Å². The molecule has 0 heterocycles. The van der Waals surface area contributed by atoms with Gasteiger partial charge in [0, 0.05) is 13.1 Å². The Morgan fingerprint density at radius 3 is 2.80 bits per heavy atom. The summed E-state index contributed by atoms with van der Waals surface area (Å²) >= 11 is 0. The predicted octanol–water partition coefficient (Wildman–Crippen LogP) is 3.67. The highest BCUT2D eigenvalue weighted by atomic mass is 15.1. The lowest BCUT2D eigenvalue weighted by atomic mass is 10.0. The van der Waals surface area contributed by atoms with Crippen molar-refractivity contribution in [3.05, 3.63) is 48.2 Å². The average molecular weight is 203 g/mol. The van der Waals surface area contributed by atoms with Crippen LogP contribution < -0.4 is 0 Å². The minimum absolute atomic E-state index is 1.00. The van der Waals surface area contributed by atoms with E-state index in [0.29, 0.717) is 0 Å². The van der Waals surface area contributed by atoms with Crippen LogP contribution >= 0.6 is 0 Å². The first-order chi connectivity index (χ1) is 7.36. The van der Waals surface area contributed by atoms with Crippen molar-refractivity contribution in [3.63, 3.8) is 0 Å². The van der Waals surface area contributed by atoms with Crippen molar-refractivity contribution in [2.24, 2.45) is 0 Å². The standard InChI is InChI=1S/C14H21N/c1-3-5-12-15(11-4-2)13-14-9-7-6-8-10-14/h3-7,9,11H,8,10,12-13H2,1-2H3/b5-3-,11-4-. The van der Waals surface area contributed by atoms with E-state index in [9.17, 15) is 0 Å². The molecule has 0 saturated heterocycles. The molecule has 1 aliphatic rings. The second kappa shape index (κ2) is 7.10. The van der Waals surface area contributed by atoms with Crippen LogP contribution in [-0.2, 0) is 0 Å². The van der Waals surface area contributed by atoms with Gasteiger partial charge < -0.3 is 4.90 Å². The van der Waals surface area contributed by atoms with Gasteiger partial charge in [-0.3, -0.25) is 0 Å². The van der Waals surface area contributed by atoms with Gasteiger partial charge in [0.1, 0.15) is 0 Å². The molecule has 0 aromatic rings. The van der Waals surface area contributed by atoms with Crippen LogP contribution in [0, 0.1) is 0 Å². The van der Waals surface area contributed by atoms with Gasteiger partial charge in [-0.2, -0.15) is 0 Å². The van der Waals surface area contributed by atoms with Crippen molar-refractivity contribution in [1.29, 1.82) is 0 Å². The van der Waals surface area contributed by atoms with E-state index in [2.05, 4.69) is 61.4 Å². The molecule has 0 spiro atoms. The molecule has 0 unspecified atom stereocenters. The number of hydrogen-bond donors (Lipinski definition) is 0. The van der Waals surface area contributed by atoms with Crippen molar-refractivity contribution in [3.8, 4) is 0 Å². The third kappa shape index (κ3) is 4.68. The first-order valence-corrected chi connectivity index (χ1v) is 5.69. The van der Waals surface area contributed by atoms with Crippen molar-refractivity contribution >= 4 is 0 Å². The highest BCUT2D eigenvalue weighted by molar-refractivity contribution is 5.19. The van der Waals surface area contributed by atoms with E-state index in [1.54, 1.807) is 0 Å². The second-order valence-electron chi connectivity index (χ2n) is 3.77. The highest BCUT2D eigenvalue weighted by Gasteiger charge is 2.03. The monoisotopic (exact) mass is 203 g/mol. The van der Waals surface area contributed by atoms with Crippen molar-refractivity contribution < 1.29 is 0 Å². The Hall–Kier alpha value is -1.24. The van der Waals surface area contributed by atoms with Gasteiger partial charge in [0.05, 0.1) is 0 Å². The summed E-state index contributed by atoms with van der Waals surface area (Å²) in [6, 6.07) is 0. The first kappa shape index (κ1) is 11.8. The molecule has 0 aliphatic heterocycles. The van der Waals surface area contributed by atoms with Gasteiger partial charge in [-0.25, -0.2) is 0 Å². The van der Waals surface area contributed by atoms with Crippen molar-refractivity contribution in [1.82, 2.24) is 4.90 Å². The van der Waals surface area contributed by atoms with E-state index in [4.69, 9.17) is 0 Å². The normalized spacial score (nSPS) is 16.3. The summed E-state index contributed by atoms with van der Waals surface area (Å²) in [5.74, 6) is 0. The molecule has 0 atom stereocenters. The summed E-state index contributed by atoms with van der Waals surface area (Å²) in [5, 5.41) is 0. The molecule has 0 aromatic heterocycles. The average Bonchev–Trinajstić information content (AvgIpc) is 2.28. The van der Waals surface area contributed by atoms with E-state index in [1.807, 2.05) is 0 Å². The molecule has 0 radical (unpaired) electrons.